The molecule has 1 saturated heterocycles. The lowest BCUT2D eigenvalue weighted by atomic mass is 10.2. The normalized spacial score (nSPS) is 21.1. The second-order valence-electron chi connectivity index (χ2n) is 4.96. The summed E-state index contributed by atoms with van der Waals surface area (Å²) in [4.78, 5) is 4.66. The van der Waals surface area contributed by atoms with Gasteiger partial charge in [-0.2, -0.15) is 4.31 Å². The van der Waals surface area contributed by atoms with Gasteiger partial charge in [-0.05, 0) is 25.0 Å². The highest BCUT2D eigenvalue weighted by Gasteiger charge is 2.30. The number of fused-ring (bicyclic) bond motifs is 1. The number of rotatable bonds is 2. The Morgan fingerprint density at radius 3 is 2.95 bits per heavy atom. The molecule has 3 rings (SSSR count). The number of hydrogen-bond donors (Lipinski definition) is 0. The van der Waals surface area contributed by atoms with Gasteiger partial charge < -0.3 is 0 Å². The van der Waals surface area contributed by atoms with Crippen molar-refractivity contribution in [2.45, 2.75) is 22.6 Å². The third-order valence-corrected chi connectivity index (χ3v) is 6.26. The molecule has 1 aromatic carbocycles. The number of hydrogen-bond acceptors (Lipinski definition) is 3. The molecule has 6 heteroatoms. The van der Waals surface area contributed by atoms with E-state index >= 15 is 0 Å². The van der Waals surface area contributed by atoms with Crippen LogP contribution in [0.1, 0.15) is 12.8 Å². The van der Waals surface area contributed by atoms with Crippen molar-refractivity contribution in [1.29, 1.82) is 0 Å². The molecule has 0 N–H and O–H groups in total. The zero-order valence-corrected chi connectivity index (χ0v) is 13.3. The van der Waals surface area contributed by atoms with Gasteiger partial charge in [-0.3, -0.25) is 4.98 Å². The van der Waals surface area contributed by atoms with E-state index < -0.39 is 10.0 Å². The van der Waals surface area contributed by atoms with E-state index in [1.54, 1.807) is 34.9 Å². The molecule has 0 spiro atoms. The minimum Gasteiger partial charge on any atom is -0.264 e. The first kappa shape index (κ1) is 14.0. The first-order chi connectivity index (χ1) is 9.59. The molecule has 20 heavy (non-hydrogen) atoms. The monoisotopic (exact) mass is 354 g/mol. The molecular formula is C14H15BrN2O2S. The van der Waals surface area contributed by atoms with Crippen LogP contribution < -0.4 is 0 Å². The molecule has 0 bridgehead atoms. The molecule has 106 valence electrons. The van der Waals surface area contributed by atoms with Crippen molar-refractivity contribution in [3.63, 3.8) is 0 Å². The Morgan fingerprint density at radius 2 is 2.15 bits per heavy atom. The van der Waals surface area contributed by atoms with E-state index in [2.05, 4.69) is 20.9 Å². The van der Waals surface area contributed by atoms with Gasteiger partial charge in [-0.1, -0.05) is 28.1 Å². The number of nitrogens with zero attached hydrogens (tertiary/aromatic N) is 2. The van der Waals surface area contributed by atoms with Gasteiger partial charge in [0, 0.05) is 41.1 Å². The zero-order valence-electron chi connectivity index (χ0n) is 10.9. The topological polar surface area (TPSA) is 50.3 Å². The van der Waals surface area contributed by atoms with Crippen LogP contribution in [0, 0.1) is 0 Å². The van der Waals surface area contributed by atoms with Gasteiger partial charge in [0.05, 0.1) is 4.90 Å². The van der Waals surface area contributed by atoms with Crippen LogP contribution in [0.3, 0.4) is 0 Å². The molecule has 1 unspecified atom stereocenters. The van der Waals surface area contributed by atoms with Gasteiger partial charge in [-0.15, -0.1) is 0 Å². The summed E-state index contributed by atoms with van der Waals surface area (Å²) in [7, 11) is -3.45. The van der Waals surface area contributed by atoms with Crippen LogP contribution in [0.25, 0.3) is 10.8 Å². The van der Waals surface area contributed by atoms with Crippen LogP contribution in [-0.2, 0) is 10.0 Å². The van der Waals surface area contributed by atoms with Gasteiger partial charge in [0.25, 0.3) is 0 Å². The van der Waals surface area contributed by atoms with Gasteiger partial charge in [0.15, 0.2) is 0 Å². The highest BCUT2D eigenvalue weighted by Crippen LogP contribution is 2.28. The number of alkyl halides is 1. The van der Waals surface area contributed by atoms with Crippen molar-refractivity contribution in [2.75, 3.05) is 13.1 Å². The van der Waals surface area contributed by atoms with Crippen LogP contribution in [0.15, 0.2) is 41.6 Å². The number of aromatic nitrogens is 1. The van der Waals surface area contributed by atoms with E-state index in [9.17, 15) is 8.42 Å². The Kier molecular flexibility index (Phi) is 3.79. The molecule has 1 atom stereocenters. The number of piperidine rings is 1. The number of benzene rings is 1. The fourth-order valence-electron chi connectivity index (χ4n) is 2.57. The molecule has 1 aliphatic rings. The lowest BCUT2D eigenvalue weighted by molar-refractivity contribution is 0.356. The lowest BCUT2D eigenvalue weighted by Crippen LogP contribution is -2.40. The molecule has 1 aromatic heterocycles. The van der Waals surface area contributed by atoms with E-state index in [1.807, 2.05) is 6.07 Å². The van der Waals surface area contributed by atoms with Crippen molar-refractivity contribution in [2.24, 2.45) is 0 Å². The van der Waals surface area contributed by atoms with Crippen molar-refractivity contribution in [3.8, 4) is 0 Å². The van der Waals surface area contributed by atoms with E-state index in [-0.39, 0.29) is 4.83 Å². The van der Waals surface area contributed by atoms with Crippen molar-refractivity contribution < 1.29 is 8.42 Å². The molecule has 1 aliphatic heterocycles. The maximum absolute atomic E-state index is 12.8. The van der Waals surface area contributed by atoms with Crippen LogP contribution in [-0.4, -0.2) is 35.6 Å². The van der Waals surface area contributed by atoms with Gasteiger partial charge in [0.2, 0.25) is 10.0 Å². The highest BCUT2D eigenvalue weighted by atomic mass is 79.9. The summed E-state index contributed by atoms with van der Waals surface area (Å²) in [5.74, 6) is 0. The predicted molar refractivity (Wildman–Crippen MR) is 82.5 cm³/mol. The van der Waals surface area contributed by atoms with E-state index in [1.165, 1.54) is 0 Å². The van der Waals surface area contributed by atoms with Gasteiger partial charge >= 0.3 is 0 Å². The van der Waals surface area contributed by atoms with Crippen molar-refractivity contribution in [1.82, 2.24) is 9.29 Å². The van der Waals surface area contributed by atoms with Crippen LogP contribution in [0.4, 0.5) is 0 Å². The number of pyridine rings is 1. The molecule has 0 amide bonds. The standard InChI is InChI=1S/C14H15BrN2O2S/c15-12-4-2-8-17(10-12)20(18,19)14-5-1-3-11-9-16-7-6-13(11)14/h1,3,5-7,9,12H,2,4,8,10H2. The maximum Gasteiger partial charge on any atom is 0.243 e. The maximum atomic E-state index is 12.8. The summed E-state index contributed by atoms with van der Waals surface area (Å²) in [6, 6.07) is 7.09. The predicted octanol–water partition coefficient (Wildman–Crippen LogP) is 2.78. The van der Waals surface area contributed by atoms with E-state index in [0.717, 1.165) is 23.6 Å². The summed E-state index contributed by atoms with van der Waals surface area (Å²) in [6.07, 6.45) is 5.23. The average Bonchev–Trinajstić information content (AvgIpc) is 2.46. The minimum atomic E-state index is -3.45. The minimum absolute atomic E-state index is 0.239. The fourth-order valence-corrected chi connectivity index (χ4v) is 5.17. The second-order valence-corrected chi connectivity index (χ2v) is 8.16. The summed E-state index contributed by atoms with van der Waals surface area (Å²) in [5, 5.41) is 1.58. The van der Waals surface area contributed by atoms with Gasteiger partial charge in [0.1, 0.15) is 0 Å². The molecule has 4 nitrogen and oxygen atoms in total. The SMILES string of the molecule is O=S(=O)(c1cccc2cnccc12)N1CCCC(Br)C1. The third kappa shape index (κ3) is 2.47. The largest absolute Gasteiger partial charge is 0.264 e. The summed E-state index contributed by atoms with van der Waals surface area (Å²) >= 11 is 3.53. The van der Waals surface area contributed by atoms with Crippen LogP contribution in [0.5, 0.6) is 0 Å². The van der Waals surface area contributed by atoms with E-state index in [0.29, 0.717) is 18.0 Å². The average molecular weight is 355 g/mol. The molecule has 0 radical (unpaired) electrons. The highest BCUT2D eigenvalue weighted by molar-refractivity contribution is 9.09. The Morgan fingerprint density at radius 1 is 1.30 bits per heavy atom. The first-order valence-corrected chi connectivity index (χ1v) is 8.91. The Balaban J connectivity index is 2.09. The number of halogens is 1. The Bertz CT molecular complexity index is 728. The zero-order chi connectivity index (χ0) is 14.2. The molecular weight excluding hydrogens is 340 g/mol. The van der Waals surface area contributed by atoms with Crippen molar-refractivity contribution in [3.05, 3.63) is 36.7 Å². The number of sulfonamides is 1. The molecule has 0 aliphatic carbocycles. The van der Waals surface area contributed by atoms with Crippen molar-refractivity contribution >= 4 is 36.7 Å². The van der Waals surface area contributed by atoms with Gasteiger partial charge in [-0.25, -0.2) is 8.42 Å². The molecule has 0 saturated carbocycles. The summed E-state index contributed by atoms with van der Waals surface area (Å²) < 4.78 is 27.2. The molecule has 2 heterocycles. The quantitative estimate of drug-likeness (QED) is 0.779. The third-order valence-electron chi connectivity index (χ3n) is 3.59. The molecule has 1 fully saturated rings. The Labute approximate surface area is 127 Å². The Hall–Kier alpha value is -0.980. The second kappa shape index (κ2) is 5.42. The fraction of sp³-hybridized carbons (Fsp3) is 0.357. The van der Waals surface area contributed by atoms with Crippen LogP contribution in [0.2, 0.25) is 0 Å². The van der Waals surface area contributed by atoms with Crippen LogP contribution >= 0.6 is 15.9 Å². The molecule has 2 aromatic rings. The summed E-state index contributed by atoms with van der Waals surface area (Å²) in [5.41, 5.74) is 0. The lowest BCUT2D eigenvalue weighted by Gasteiger charge is -2.29. The smallest absolute Gasteiger partial charge is 0.243 e. The summed E-state index contributed by atoms with van der Waals surface area (Å²) in [6.45, 7) is 1.12. The van der Waals surface area contributed by atoms with E-state index in [4.69, 9.17) is 0 Å². The first-order valence-electron chi connectivity index (χ1n) is 6.56.